The highest BCUT2D eigenvalue weighted by Crippen LogP contribution is 2.25. The molecular weight excluding hydrogens is 364 g/mol. The van der Waals surface area contributed by atoms with Gasteiger partial charge in [0.1, 0.15) is 5.56 Å². The van der Waals surface area contributed by atoms with Gasteiger partial charge in [-0.05, 0) is 13.0 Å². The van der Waals surface area contributed by atoms with Crippen LogP contribution in [0.15, 0.2) is 42.5 Å². The Hall–Kier alpha value is -3.33. The van der Waals surface area contributed by atoms with Crippen LogP contribution in [0.3, 0.4) is 0 Å². The second-order valence-electron chi connectivity index (χ2n) is 6.68. The largest absolute Gasteiger partial charge is 0.336 e. The summed E-state index contributed by atoms with van der Waals surface area (Å²) < 4.78 is 0. The zero-order valence-corrected chi connectivity index (χ0v) is 15.4. The molecule has 28 heavy (non-hydrogen) atoms. The normalized spacial score (nSPS) is 14.7. The van der Waals surface area contributed by atoms with Crippen LogP contribution >= 0.6 is 0 Å². The van der Waals surface area contributed by atoms with Crippen molar-refractivity contribution in [3.8, 4) is 0 Å². The van der Waals surface area contributed by atoms with Crippen LogP contribution in [-0.4, -0.2) is 51.7 Å². The van der Waals surface area contributed by atoms with E-state index in [-0.39, 0.29) is 22.8 Å². The van der Waals surface area contributed by atoms with E-state index >= 15 is 0 Å². The highest BCUT2D eigenvalue weighted by molar-refractivity contribution is 5.98. The van der Waals surface area contributed by atoms with Crippen molar-refractivity contribution in [2.24, 2.45) is 0 Å². The van der Waals surface area contributed by atoms with Gasteiger partial charge >= 0.3 is 0 Å². The molecule has 2 aromatic rings. The predicted octanol–water partition coefficient (Wildman–Crippen LogP) is 2.77. The third-order valence-electron chi connectivity index (χ3n) is 4.89. The average Bonchev–Trinajstić information content (AvgIpc) is 2.68. The summed E-state index contributed by atoms with van der Waals surface area (Å²) in [6.07, 6.45) is 0. The smallest absolute Gasteiger partial charge is 0.285 e. The van der Waals surface area contributed by atoms with Crippen LogP contribution in [0, 0.1) is 27.2 Å². The molecule has 0 spiro atoms. The number of para-hydroxylation sites is 2. The molecule has 1 fully saturated rings. The minimum absolute atomic E-state index is 0.0800. The van der Waals surface area contributed by atoms with Crippen molar-refractivity contribution < 1.29 is 14.6 Å². The molecular formula is C19H20N4O5. The lowest BCUT2D eigenvalue weighted by Gasteiger charge is -2.34. The number of hydrogen-bond acceptors (Lipinski definition) is 6. The summed E-state index contributed by atoms with van der Waals surface area (Å²) in [5.74, 6) is -0.360. The van der Waals surface area contributed by atoms with E-state index in [1.165, 1.54) is 12.1 Å². The number of hydrogen-bond donors (Lipinski definition) is 0. The zero-order chi connectivity index (χ0) is 20.3. The van der Waals surface area contributed by atoms with Gasteiger partial charge in [0, 0.05) is 49.9 Å². The standard InChI is InChI=1S/C19H20N4O5/c1-14-5-4-7-16(18(14)23(27)28)19(24)21-11-9-20(10-12-21)13-15-6-2-3-8-17(15)22(25)26/h2-8H,9-13H2,1H3. The van der Waals surface area contributed by atoms with Crippen molar-refractivity contribution in [3.63, 3.8) is 0 Å². The van der Waals surface area contributed by atoms with E-state index in [2.05, 4.69) is 0 Å². The molecule has 0 atom stereocenters. The number of carbonyl (C=O) groups excluding carboxylic acids is 1. The molecule has 2 aromatic carbocycles. The molecule has 1 aliphatic rings. The molecule has 0 saturated carbocycles. The van der Waals surface area contributed by atoms with Crippen molar-refractivity contribution in [1.29, 1.82) is 0 Å². The summed E-state index contributed by atoms with van der Waals surface area (Å²) in [7, 11) is 0. The summed E-state index contributed by atoms with van der Waals surface area (Å²) >= 11 is 0. The maximum absolute atomic E-state index is 12.8. The van der Waals surface area contributed by atoms with Crippen LogP contribution in [0.25, 0.3) is 0 Å². The van der Waals surface area contributed by atoms with Gasteiger partial charge in [-0.3, -0.25) is 29.9 Å². The fourth-order valence-corrected chi connectivity index (χ4v) is 3.42. The van der Waals surface area contributed by atoms with Gasteiger partial charge in [-0.15, -0.1) is 0 Å². The first kappa shape index (κ1) is 19.4. The molecule has 0 bridgehead atoms. The van der Waals surface area contributed by atoms with E-state index in [9.17, 15) is 25.0 Å². The molecule has 0 N–H and O–H groups in total. The predicted molar refractivity (Wildman–Crippen MR) is 102 cm³/mol. The first-order chi connectivity index (χ1) is 13.4. The molecule has 1 aliphatic heterocycles. The van der Waals surface area contributed by atoms with Gasteiger partial charge in [0.15, 0.2) is 0 Å². The van der Waals surface area contributed by atoms with Crippen LogP contribution in [-0.2, 0) is 6.54 Å². The minimum Gasteiger partial charge on any atom is -0.336 e. The van der Waals surface area contributed by atoms with Crippen molar-refractivity contribution in [3.05, 3.63) is 79.4 Å². The third kappa shape index (κ3) is 3.99. The number of nitrogens with zero attached hydrogens (tertiary/aromatic N) is 4. The Kier molecular flexibility index (Phi) is 5.65. The van der Waals surface area contributed by atoms with Crippen molar-refractivity contribution in [1.82, 2.24) is 9.80 Å². The number of rotatable bonds is 5. The van der Waals surface area contributed by atoms with E-state index in [1.807, 2.05) is 4.90 Å². The number of benzene rings is 2. The molecule has 146 valence electrons. The summed E-state index contributed by atoms with van der Waals surface area (Å²) in [4.78, 5) is 38.0. The third-order valence-corrected chi connectivity index (χ3v) is 4.89. The van der Waals surface area contributed by atoms with Crippen LogP contribution in [0.1, 0.15) is 21.5 Å². The van der Waals surface area contributed by atoms with Crippen molar-refractivity contribution >= 4 is 17.3 Å². The number of aryl methyl sites for hydroxylation is 1. The van der Waals surface area contributed by atoms with E-state index in [1.54, 1.807) is 42.2 Å². The Labute approximate surface area is 161 Å². The summed E-state index contributed by atoms with van der Waals surface area (Å²) in [5.41, 5.74) is 1.09. The van der Waals surface area contributed by atoms with Crippen molar-refractivity contribution in [2.75, 3.05) is 26.2 Å². The van der Waals surface area contributed by atoms with E-state index in [0.717, 1.165) is 0 Å². The maximum atomic E-state index is 12.8. The van der Waals surface area contributed by atoms with E-state index in [0.29, 0.717) is 43.9 Å². The Morgan fingerprint density at radius 2 is 1.64 bits per heavy atom. The lowest BCUT2D eigenvalue weighted by Crippen LogP contribution is -2.48. The topological polar surface area (TPSA) is 110 Å². The van der Waals surface area contributed by atoms with Gasteiger partial charge in [0.05, 0.1) is 9.85 Å². The highest BCUT2D eigenvalue weighted by Gasteiger charge is 2.29. The lowest BCUT2D eigenvalue weighted by molar-refractivity contribution is -0.385. The van der Waals surface area contributed by atoms with Crippen LogP contribution in [0.4, 0.5) is 11.4 Å². The van der Waals surface area contributed by atoms with Crippen LogP contribution in [0.5, 0.6) is 0 Å². The molecule has 1 heterocycles. The Bertz CT molecular complexity index is 922. The second-order valence-corrected chi connectivity index (χ2v) is 6.68. The Morgan fingerprint density at radius 3 is 2.29 bits per heavy atom. The SMILES string of the molecule is Cc1cccc(C(=O)N2CCN(Cc3ccccc3[N+](=O)[O-])CC2)c1[N+](=O)[O-]. The molecule has 1 amide bonds. The van der Waals surface area contributed by atoms with E-state index in [4.69, 9.17) is 0 Å². The number of amides is 1. The molecule has 0 aliphatic carbocycles. The zero-order valence-electron chi connectivity index (χ0n) is 15.4. The van der Waals surface area contributed by atoms with Crippen LogP contribution < -0.4 is 0 Å². The number of carbonyl (C=O) groups is 1. The maximum Gasteiger partial charge on any atom is 0.285 e. The van der Waals surface area contributed by atoms with Gasteiger partial charge in [-0.25, -0.2) is 0 Å². The minimum atomic E-state index is -0.520. The second kappa shape index (κ2) is 8.13. The number of piperazine rings is 1. The lowest BCUT2D eigenvalue weighted by atomic mass is 10.1. The average molecular weight is 384 g/mol. The molecule has 3 rings (SSSR count). The molecule has 9 nitrogen and oxygen atoms in total. The van der Waals surface area contributed by atoms with Gasteiger partial charge in [-0.1, -0.05) is 30.3 Å². The van der Waals surface area contributed by atoms with Gasteiger partial charge in [-0.2, -0.15) is 0 Å². The molecule has 0 unspecified atom stereocenters. The Morgan fingerprint density at radius 1 is 0.964 bits per heavy atom. The Balaban J connectivity index is 1.68. The first-order valence-electron chi connectivity index (χ1n) is 8.86. The molecule has 9 heteroatoms. The summed E-state index contributed by atoms with van der Waals surface area (Å²) in [5, 5.41) is 22.5. The van der Waals surface area contributed by atoms with Gasteiger partial charge in [0.25, 0.3) is 17.3 Å². The first-order valence-corrected chi connectivity index (χ1v) is 8.86. The number of nitro benzene ring substituents is 2. The molecule has 0 aromatic heterocycles. The van der Waals surface area contributed by atoms with Gasteiger partial charge in [0.2, 0.25) is 0 Å². The van der Waals surface area contributed by atoms with Gasteiger partial charge < -0.3 is 4.90 Å². The fourth-order valence-electron chi connectivity index (χ4n) is 3.42. The summed E-state index contributed by atoms with van der Waals surface area (Å²) in [6, 6.07) is 11.3. The number of nitro groups is 2. The molecule has 1 saturated heterocycles. The summed E-state index contributed by atoms with van der Waals surface area (Å²) in [6.45, 7) is 3.92. The fraction of sp³-hybridized carbons (Fsp3) is 0.316. The van der Waals surface area contributed by atoms with Crippen molar-refractivity contribution in [2.45, 2.75) is 13.5 Å². The van der Waals surface area contributed by atoms with Crippen LogP contribution in [0.2, 0.25) is 0 Å². The monoisotopic (exact) mass is 384 g/mol. The quantitative estimate of drug-likeness (QED) is 0.579. The molecule has 0 radical (unpaired) electrons. The highest BCUT2D eigenvalue weighted by atomic mass is 16.6. The van der Waals surface area contributed by atoms with E-state index < -0.39 is 9.85 Å².